The lowest BCUT2D eigenvalue weighted by molar-refractivity contribution is 0.690. The van der Waals surface area contributed by atoms with Gasteiger partial charge >= 0.3 is 0 Å². The van der Waals surface area contributed by atoms with Gasteiger partial charge in [0.05, 0.1) is 6.54 Å². The SMILES string of the molecule is C=Nc1c2cccc(-c3cccs3)c2c2nc3nc(nc4c5cccc(-c6cccs6)c5/c(=N/C5=NCc6c5cccc6-c5cccs5)n-4[nH]n12)-c1c-3cccc1-c1cccs1. The van der Waals surface area contributed by atoms with E-state index in [-0.39, 0.29) is 0 Å². The van der Waals surface area contributed by atoms with Crippen molar-refractivity contribution in [3.05, 3.63) is 159 Å². The van der Waals surface area contributed by atoms with Crippen molar-refractivity contribution in [2.75, 3.05) is 0 Å². The molecule has 0 saturated carbocycles. The van der Waals surface area contributed by atoms with Gasteiger partial charge in [-0.2, -0.15) is 0 Å². The summed E-state index contributed by atoms with van der Waals surface area (Å²) < 4.78 is 3.90. The van der Waals surface area contributed by atoms with E-state index in [9.17, 15) is 0 Å². The zero-order valence-corrected chi connectivity index (χ0v) is 35.7. The normalized spacial score (nSPS) is 13.0. The van der Waals surface area contributed by atoms with Gasteiger partial charge in [-0.1, -0.05) is 97.1 Å². The second kappa shape index (κ2) is 13.9. The fourth-order valence-electron chi connectivity index (χ4n) is 8.93. The highest BCUT2D eigenvalue weighted by molar-refractivity contribution is 7.14. The Labute approximate surface area is 369 Å². The highest BCUT2D eigenvalue weighted by Gasteiger charge is 2.29. The van der Waals surface area contributed by atoms with E-state index in [1.807, 2.05) is 9.20 Å². The molecule has 4 aliphatic rings. The quantitative estimate of drug-likeness (QED) is 0.174. The monoisotopic (exact) mass is 871 g/mol. The summed E-state index contributed by atoms with van der Waals surface area (Å²) in [6.45, 7) is 4.65. The van der Waals surface area contributed by atoms with Crippen molar-refractivity contribution in [2.24, 2.45) is 15.0 Å². The van der Waals surface area contributed by atoms with E-state index in [1.165, 1.54) is 16.0 Å². The number of benzene rings is 4. The van der Waals surface area contributed by atoms with Gasteiger partial charge in [0.15, 0.2) is 40.3 Å². The largest absolute Gasteiger partial charge is 0.261 e. The van der Waals surface area contributed by atoms with Gasteiger partial charge in [0.1, 0.15) is 0 Å². The van der Waals surface area contributed by atoms with Gasteiger partial charge in [0, 0.05) is 74.4 Å². The van der Waals surface area contributed by atoms with Gasteiger partial charge < -0.3 is 0 Å². The van der Waals surface area contributed by atoms with E-state index in [0.717, 1.165) is 69.6 Å². The summed E-state index contributed by atoms with van der Waals surface area (Å²) in [6, 6.07) is 42.4. The predicted octanol–water partition coefficient (Wildman–Crippen LogP) is 12.9. The molecule has 2 bridgehead atoms. The van der Waals surface area contributed by atoms with Crippen molar-refractivity contribution in [3.8, 4) is 70.4 Å². The Morgan fingerprint density at radius 3 is 1.81 bits per heavy atom. The number of nitrogens with one attached hydrogen (secondary N) is 1. The number of H-pyrrole nitrogens is 1. The first kappa shape index (κ1) is 35.6. The Morgan fingerprint density at radius 2 is 1.13 bits per heavy atom. The number of rotatable bonds is 5. The molecule has 4 aromatic carbocycles. The molecule has 62 heavy (non-hydrogen) atoms. The van der Waals surface area contributed by atoms with E-state index >= 15 is 0 Å². The van der Waals surface area contributed by atoms with E-state index in [0.29, 0.717) is 46.8 Å². The average molecular weight is 872 g/mol. The number of thiophene rings is 4. The molecule has 0 spiro atoms. The molecule has 0 aliphatic carbocycles. The van der Waals surface area contributed by atoms with Gasteiger partial charge in [0.25, 0.3) is 0 Å². The van der Waals surface area contributed by atoms with Gasteiger partial charge in [-0.25, -0.2) is 39.3 Å². The summed E-state index contributed by atoms with van der Waals surface area (Å²) in [7, 11) is 0. The Hall–Kier alpha value is -7.16. The van der Waals surface area contributed by atoms with Crippen LogP contribution in [0.5, 0.6) is 0 Å². The first-order valence-electron chi connectivity index (χ1n) is 19.9. The lowest BCUT2D eigenvalue weighted by atomic mass is 10.0. The number of hydrogen-bond donors (Lipinski definition) is 1. The van der Waals surface area contributed by atoms with Crippen LogP contribution in [0.4, 0.5) is 5.82 Å². The Balaban J connectivity index is 1.23. The van der Waals surface area contributed by atoms with Crippen LogP contribution in [-0.4, -0.2) is 41.9 Å². The third kappa shape index (κ3) is 5.29. The maximum absolute atomic E-state index is 5.59. The van der Waals surface area contributed by atoms with Gasteiger partial charge in [-0.05, 0) is 63.6 Å². The molecule has 0 fully saturated rings. The van der Waals surface area contributed by atoms with Gasteiger partial charge in [-0.15, -0.1) is 45.3 Å². The van der Waals surface area contributed by atoms with Crippen LogP contribution in [0.1, 0.15) is 11.1 Å². The number of hydrogen-bond acceptors (Lipinski definition) is 10. The van der Waals surface area contributed by atoms with Crippen molar-refractivity contribution < 1.29 is 0 Å². The third-order valence-corrected chi connectivity index (χ3v) is 15.2. The van der Waals surface area contributed by atoms with Crippen LogP contribution in [-0.2, 0) is 6.54 Å². The first-order valence-corrected chi connectivity index (χ1v) is 23.4. The van der Waals surface area contributed by atoms with Crippen LogP contribution in [0.25, 0.3) is 97.5 Å². The maximum atomic E-state index is 5.59. The Bertz CT molecular complexity index is 3740. The second-order valence-corrected chi connectivity index (χ2v) is 18.7. The molecule has 5 aromatic heterocycles. The molecule has 0 saturated heterocycles. The summed E-state index contributed by atoms with van der Waals surface area (Å²) in [4.78, 5) is 36.4. The second-order valence-electron chi connectivity index (χ2n) is 14.9. The molecule has 0 amide bonds. The summed E-state index contributed by atoms with van der Waals surface area (Å²) in [5, 5.41) is 15.9. The molecule has 294 valence electrons. The molecule has 9 aromatic rings. The highest BCUT2D eigenvalue weighted by Crippen LogP contribution is 2.45. The summed E-state index contributed by atoms with van der Waals surface area (Å²) in [5.74, 6) is 3.04. The molecule has 0 unspecified atom stereocenters. The molecular weight excluding hydrogens is 843 g/mol. The molecular formula is C49H29N9S4. The van der Waals surface area contributed by atoms with Crippen LogP contribution in [0, 0.1) is 0 Å². The minimum absolute atomic E-state index is 0.531. The van der Waals surface area contributed by atoms with E-state index in [1.54, 1.807) is 45.3 Å². The smallest absolute Gasteiger partial charge is 0.166 e. The molecule has 13 heteroatoms. The minimum Gasteiger partial charge on any atom is -0.261 e. The predicted molar refractivity (Wildman–Crippen MR) is 257 cm³/mol. The lowest BCUT2D eigenvalue weighted by Gasteiger charge is -2.07. The van der Waals surface area contributed by atoms with Crippen molar-refractivity contribution >= 4 is 90.9 Å². The summed E-state index contributed by atoms with van der Waals surface area (Å²) in [5.41, 5.74) is 9.61. The van der Waals surface area contributed by atoms with Gasteiger partial charge in [0.2, 0.25) is 0 Å². The topological polar surface area (TPSA) is 101 Å². The zero-order chi connectivity index (χ0) is 40.9. The lowest BCUT2D eigenvalue weighted by Crippen LogP contribution is -2.21. The molecule has 1 N–H and O–H groups in total. The number of aromatic nitrogens is 6. The van der Waals surface area contributed by atoms with Crippen molar-refractivity contribution in [3.63, 3.8) is 0 Å². The Morgan fingerprint density at radius 1 is 0.548 bits per heavy atom. The van der Waals surface area contributed by atoms with E-state index in [2.05, 4.69) is 155 Å². The molecule has 13 rings (SSSR count). The average Bonchev–Trinajstić information content (AvgIpc) is 4.17. The van der Waals surface area contributed by atoms with Crippen molar-refractivity contribution in [1.82, 2.24) is 29.4 Å². The number of nitrogens with zero attached hydrogens (tertiary/aromatic N) is 8. The molecule has 0 radical (unpaired) electrons. The summed E-state index contributed by atoms with van der Waals surface area (Å²) >= 11 is 6.81. The van der Waals surface area contributed by atoms with Crippen LogP contribution in [0.2, 0.25) is 0 Å². The molecule has 0 atom stereocenters. The van der Waals surface area contributed by atoms with Gasteiger partial charge in [-0.3, -0.25) is 4.99 Å². The fraction of sp³-hybridized carbons (Fsp3) is 0.0204. The molecule has 9 nitrogen and oxygen atoms in total. The van der Waals surface area contributed by atoms with E-state index < -0.39 is 0 Å². The van der Waals surface area contributed by atoms with Crippen LogP contribution >= 0.6 is 45.3 Å². The molecule has 4 aliphatic heterocycles. The number of aliphatic imine (C=N–C) groups is 2. The third-order valence-electron chi connectivity index (χ3n) is 11.6. The summed E-state index contributed by atoms with van der Waals surface area (Å²) in [6.07, 6.45) is 0. The maximum Gasteiger partial charge on any atom is 0.166 e. The highest BCUT2D eigenvalue weighted by atomic mass is 32.1. The number of fused-ring (bicyclic) bond motifs is 12. The minimum atomic E-state index is 0.531. The van der Waals surface area contributed by atoms with Crippen LogP contribution < -0.4 is 5.49 Å². The standard InChI is InChI=1S/C49H29N9S4/c1-50-46-33-16-4-13-30(38-20-8-24-61-38)41(33)49-54-44-32-15-3-12-29(37-19-7-23-60-37)40(32)45(52-44)55-47-34-17-5-14-31(39-21-9-25-62-39)42(34)48(58(47)56-57(46)49)53-43-28-11-2-10-27(35(28)26-51-43)36-18-6-22-59-36/h2-25,56H,1,26H2/b53-48-,54-44?,55-47?. The number of amidine groups is 1. The van der Waals surface area contributed by atoms with E-state index in [4.69, 9.17) is 29.9 Å². The van der Waals surface area contributed by atoms with Crippen LogP contribution in [0.15, 0.2) is 158 Å². The van der Waals surface area contributed by atoms with Crippen LogP contribution in [0.3, 0.4) is 0 Å². The van der Waals surface area contributed by atoms with Crippen molar-refractivity contribution in [2.45, 2.75) is 6.54 Å². The van der Waals surface area contributed by atoms with Crippen molar-refractivity contribution in [1.29, 1.82) is 0 Å². The number of aromatic amines is 1. The first-order chi connectivity index (χ1) is 30.7. The zero-order valence-electron chi connectivity index (χ0n) is 32.5. The molecule has 9 heterocycles. The fourth-order valence-corrected chi connectivity index (χ4v) is 12.0. The Kier molecular flexibility index (Phi) is 8.00.